The molecule has 3 atom stereocenters. The van der Waals surface area contributed by atoms with E-state index in [2.05, 4.69) is 32.5 Å². The molecule has 5 amide bonds. The second kappa shape index (κ2) is 11.5. The van der Waals surface area contributed by atoms with Gasteiger partial charge in [-0.25, -0.2) is 9.78 Å². The molecule has 11 nitrogen and oxygen atoms in total. The second-order valence-corrected chi connectivity index (χ2v) is 7.73. The fraction of sp³-hybridized carbons (Fsp3) is 0.304. The summed E-state index contributed by atoms with van der Waals surface area (Å²) in [6.45, 7) is 3.97. The number of benzene rings is 1. The van der Waals surface area contributed by atoms with E-state index >= 15 is 0 Å². The molecule has 3 rings (SSSR count). The predicted molar refractivity (Wildman–Crippen MR) is 123 cm³/mol. The van der Waals surface area contributed by atoms with Crippen LogP contribution in [0.5, 0.6) is 0 Å². The summed E-state index contributed by atoms with van der Waals surface area (Å²) in [4.78, 5) is 60.0. The molecular weight excluding hydrogens is 438 g/mol. The van der Waals surface area contributed by atoms with Crippen LogP contribution in [-0.4, -0.2) is 69.8 Å². The van der Waals surface area contributed by atoms with Crippen molar-refractivity contribution in [2.45, 2.75) is 31.0 Å². The highest BCUT2D eigenvalue weighted by Crippen LogP contribution is 2.21. The Morgan fingerprint density at radius 2 is 1.97 bits per heavy atom. The lowest BCUT2D eigenvalue weighted by Gasteiger charge is -2.29. The molecular formula is C23H27N7O4. The molecule has 0 unspecified atom stereocenters. The summed E-state index contributed by atoms with van der Waals surface area (Å²) in [7, 11) is 0. The topological polar surface area (TPSA) is 159 Å². The SMILES string of the molecule is C=CCNC(=O)N[C@@H]1CCN(C(=O)c2cnccn2)[C@@H]1C(=O)N[C@H](Cc1ccccc1)C(N)=O. The number of likely N-dealkylation sites (tertiary alicyclic amines) is 1. The molecule has 1 aliphatic heterocycles. The molecule has 0 radical (unpaired) electrons. The van der Waals surface area contributed by atoms with Crippen molar-refractivity contribution in [3.8, 4) is 0 Å². The second-order valence-electron chi connectivity index (χ2n) is 7.73. The van der Waals surface area contributed by atoms with Crippen LogP contribution in [-0.2, 0) is 16.0 Å². The van der Waals surface area contributed by atoms with E-state index in [0.717, 1.165) is 5.56 Å². The number of aromatic nitrogens is 2. The van der Waals surface area contributed by atoms with Crippen LogP contribution in [0.25, 0.3) is 0 Å². The van der Waals surface area contributed by atoms with Gasteiger partial charge in [0.15, 0.2) is 0 Å². The number of nitrogens with two attached hydrogens (primary N) is 1. The minimum absolute atomic E-state index is 0.0628. The molecule has 1 aromatic carbocycles. The molecule has 0 saturated carbocycles. The lowest BCUT2D eigenvalue weighted by atomic mass is 10.0. The number of primary amides is 1. The summed E-state index contributed by atoms with van der Waals surface area (Å²) in [5, 5.41) is 7.97. The number of carbonyl (C=O) groups is 4. The van der Waals surface area contributed by atoms with Crippen LogP contribution in [0.2, 0.25) is 0 Å². The normalized spacial score (nSPS) is 17.9. The molecule has 34 heavy (non-hydrogen) atoms. The lowest BCUT2D eigenvalue weighted by Crippen LogP contribution is -2.59. The van der Waals surface area contributed by atoms with Crippen molar-refractivity contribution in [1.82, 2.24) is 30.8 Å². The number of carbonyl (C=O) groups excluding carboxylic acids is 4. The summed E-state index contributed by atoms with van der Waals surface area (Å²) in [6, 6.07) is 5.81. The number of nitrogens with one attached hydrogen (secondary N) is 3. The summed E-state index contributed by atoms with van der Waals surface area (Å²) < 4.78 is 0. The van der Waals surface area contributed by atoms with Crippen molar-refractivity contribution < 1.29 is 19.2 Å². The first kappa shape index (κ1) is 24.4. The Kier molecular flexibility index (Phi) is 8.27. The Bertz CT molecular complexity index is 1030. The van der Waals surface area contributed by atoms with Gasteiger partial charge in [-0.1, -0.05) is 36.4 Å². The number of amides is 5. The highest BCUT2D eigenvalue weighted by Gasteiger charge is 2.44. The van der Waals surface area contributed by atoms with Gasteiger partial charge >= 0.3 is 6.03 Å². The van der Waals surface area contributed by atoms with Gasteiger partial charge in [-0.15, -0.1) is 6.58 Å². The smallest absolute Gasteiger partial charge is 0.315 e. The molecule has 5 N–H and O–H groups in total. The zero-order valence-corrected chi connectivity index (χ0v) is 18.5. The third-order valence-electron chi connectivity index (χ3n) is 5.38. The fourth-order valence-electron chi connectivity index (χ4n) is 3.77. The maximum atomic E-state index is 13.4. The van der Waals surface area contributed by atoms with Crippen LogP contribution in [0.15, 0.2) is 61.6 Å². The number of hydrogen-bond donors (Lipinski definition) is 4. The van der Waals surface area contributed by atoms with E-state index in [9.17, 15) is 19.2 Å². The third-order valence-corrected chi connectivity index (χ3v) is 5.38. The maximum absolute atomic E-state index is 13.4. The van der Waals surface area contributed by atoms with Gasteiger partial charge in [0.1, 0.15) is 17.8 Å². The molecule has 11 heteroatoms. The van der Waals surface area contributed by atoms with E-state index < -0.39 is 41.9 Å². The highest BCUT2D eigenvalue weighted by molar-refractivity contribution is 5.98. The van der Waals surface area contributed by atoms with Crippen molar-refractivity contribution in [1.29, 1.82) is 0 Å². The average molecular weight is 466 g/mol. The largest absolute Gasteiger partial charge is 0.368 e. The van der Waals surface area contributed by atoms with Gasteiger partial charge in [0.2, 0.25) is 11.8 Å². The monoisotopic (exact) mass is 465 g/mol. The Morgan fingerprint density at radius 1 is 1.21 bits per heavy atom. The Labute approximate surface area is 196 Å². The van der Waals surface area contributed by atoms with Crippen LogP contribution in [0, 0.1) is 0 Å². The Hall–Kier alpha value is -4.28. The molecule has 1 saturated heterocycles. The predicted octanol–water partition coefficient (Wildman–Crippen LogP) is -0.242. The minimum atomic E-state index is -1.08. The van der Waals surface area contributed by atoms with Gasteiger partial charge < -0.3 is 26.6 Å². The van der Waals surface area contributed by atoms with Gasteiger partial charge in [0.05, 0.1) is 12.2 Å². The van der Waals surface area contributed by atoms with Crippen LogP contribution < -0.4 is 21.7 Å². The molecule has 178 valence electrons. The quantitative estimate of drug-likeness (QED) is 0.374. The lowest BCUT2D eigenvalue weighted by molar-refractivity contribution is -0.130. The molecule has 0 spiro atoms. The summed E-state index contributed by atoms with van der Waals surface area (Å²) in [5.74, 6) is -1.83. The van der Waals surface area contributed by atoms with Crippen LogP contribution in [0.1, 0.15) is 22.5 Å². The summed E-state index contributed by atoms with van der Waals surface area (Å²) in [5.41, 5.74) is 6.42. The molecule has 2 heterocycles. The van der Waals surface area contributed by atoms with Gasteiger partial charge in [0, 0.05) is 31.9 Å². The van der Waals surface area contributed by atoms with Gasteiger partial charge in [-0.05, 0) is 12.0 Å². The zero-order chi connectivity index (χ0) is 24.5. The number of hydrogen-bond acceptors (Lipinski definition) is 6. The maximum Gasteiger partial charge on any atom is 0.315 e. The molecule has 0 aliphatic carbocycles. The highest BCUT2D eigenvalue weighted by atomic mass is 16.2. The molecule has 1 aliphatic rings. The standard InChI is InChI=1S/C23H27N7O4/c1-2-9-27-23(34)29-16-8-12-30(22(33)18-14-25-10-11-26-18)19(16)21(32)28-17(20(24)31)13-15-6-4-3-5-7-15/h2-7,10-11,14,16-17,19H,1,8-9,12-13H2,(H2,24,31)(H,28,32)(H2,27,29,34)/t16-,17-,19+/m1/s1. The van der Waals surface area contributed by atoms with Crippen LogP contribution in [0.3, 0.4) is 0 Å². The van der Waals surface area contributed by atoms with E-state index in [4.69, 9.17) is 5.73 Å². The van der Waals surface area contributed by atoms with E-state index in [1.54, 1.807) is 0 Å². The van der Waals surface area contributed by atoms with Crippen molar-refractivity contribution in [3.05, 3.63) is 72.8 Å². The number of nitrogens with zero attached hydrogens (tertiary/aromatic N) is 3. The average Bonchev–Trinajstić information content (AvgIpc) is 3.26. The number of rotatable bonds is 9. The van der Waals surface area contributed by atoms with E-state index in [-0.39, 0.29) is 25.2 Å². The molecule has 0 bridgehead atoms. The fourth-order valence-corrected chi connectivity index (χ4v) is 3.77. The first-order valence-corrected chi connectivity index (χ1v) is 10.8. The number of urea groups is 1. The molecule has 1 aromatic heterocycles. The van der Waals surface area contributed by atoms with E-state index in [1.807, 2.05) is 30.3 Å². The van der Waals surface area contributed by atoms with Gasteiger partial charge in [-0.3, -0.25) is 19.4 Å². The van der Waals surface area contributed by atoms with E-state index in [0.29, 0.717) is 6.42 Å². The minimum Gasteiger partial charge on any atom is -0.368 e. The first-order valence-electron chi connectivity index (χ1n) is 10.8. The molecule has 1 fully saturated rings. The zero-order valence-electron chi connectivity index (χ0n) is 18.5. The van der Waals surface area contributed by atoms with Crippen molar-refractivity contribution in [3.63, 3.8) is 0 Å². The van der Waals surface area contributed by atoms with E-state index in [1.165, 1.54) is 29.6 Å². The Balaban J connectivity index is 1.82. The summed E-state index contributed by atoms with van der Waals surface area (Å²) in [6.07, 6.45) is 6.14. The van der Waals surface area contributed by atoms with Gasteiger partial charge in [-0.2, -0.15) is 0 Å². The van der Waals surface area contributed by atoms with Crippen LogP contribution in [0.4, 0.5) is 4.79 Å². The first-order chi connectivity index (χ1) is 16.4. The van der Waals surface area contributed by atoms with Gasteiger partial charge in [0.25, 0.3) is 5.91 Å². The van der Waals surface area contributed by atoms with Crippen molar-refractivity contribution in [2.75, 3.05) is 13.1 Å². The van der Waals surface area contributed by atoms with Crippen molar-refractivity contribution in [2.24, 2.45) is 5.73 Å². The van der Waals surface area contributed by atoms with Crippen LogP contribution >= 0.6 is 0 Å². The Morgan fingerprint density at radius 3 is 2.62 bits per heavy atom. The summed E-state index contributed by atoms with van der Waals surface area (Å²) >= 11 is 0. The van der Waals surface area contributed by atoms with Crippen molar-refractivity contribution >= 4 is 23.8 Å². The molecule has 2 aromatic rings. The third kappa shape index (κ3) is 6.15.